The minimum Gasteiger partial charge on any atom is -0.497 e. The normalized spacial score (nSPS) is 14.9. The zero-order chi connectivity index (χ0) is 27.5. The Balaban J connectivity index is 1.54. The molecule has 6 rings (SSSR count). The number of para-hydroxylation sites is 1. The number of carbonyl (C=O) groups excluding carboxylic acids is 2. The van der Waals surface area contributed by atoms with Gasteiger partial charge in [0.1, 0.15) is 18.1 Å². The molecule has 7 nitrogen and oxygen atoms in total. The molecule has 0 unspecified atom stereocenters. The smallest absolute Gasteiger partial charge is 0.244 e. The molecule has 2 aromatic heterocycles. The second-order valence-corrected chi connectivity index (χ2v) is 11.2. The van der Waals surface area contributed by atoms with Gasteiger partial charge in [0.05, 0.1) is 29.5 Å². The Bertz CT molecular complexity index is 1620. The van der Waals surface area contributed by atoms with Gasteiger partial charge in [-0.3, -0.25) is 14.5 Å². The molecule has 200 valence electrons. The zero-order valence-electron chi connectivity index (χ0n) is 21.7. The molecule has 3 aromatic carbocycles. The number of aromatic nitrogens is 2. The number of rotatable bonds is 7. The van der Waals surface area contributed by atoms with Crippen LogP contribution in [0.1, 0.15) is 15.7 Å². The molecule has 1 N–H and O–H groups in total. The number of amides is 2. The fourth-order valence-electron chi connectivity index (χ4n) is 4.76. The monoisotopic (exact) mass is 566 g/mol. The number of thioether (sulfide) groups is 1. The van der Waals surface area contributed by atoms with E-state index in [-0.39, 0.29) is 29.4 Å². The Morgan fingerprint density at radius 1 is 0.975 bits per heavy atom. The van der Waals surface area contributed by atoms with Crippen molar-refractivity contribution in [1.29, 1.82) is 0 Å². The third-order valence-electron chi connectivity index (χ3n) is 6.61. The maximum atomic E-state index is 13.8. The first-order valence-electron chi connectivity index (χ1n) is 12.8. The van der Waals surface area contributed by atoms with Crippen molar-refractivity contribution in [2.45, 2.75) is 5.25 Å². The van der Waals surface area contributed by atoms with Crippen LogP contribution in [0.3, 0.4) is 0 Å². The molecule has 0 bridgehead atoms. The highest BCUT2D eigenvalue weighted by atomic mass is 32.2. The molecule has 40 heavy (non-hydrogen) atoms. The minimum absolute atomic E-state index is 0.136. The highest BCUT2D eigenvalue weighted by molar-refractivity contribution is 8.00. The number of nitrogens with zero attached hydrogens (tertiary/aromatic N) is 3. The van der Waals surface area contributed by atoms with Crippen molar-refractivity contribution in [2.24, 2.45) is 0 Å². The molecular formula is C31H26N4O3S2. The van der Waals surface area contributed by atoms with Gasteiger partial charge in [-0.25, -0.2) is 4.68 Å². The van der Waals surface area contributed by atoms with E-state index in [4.69, 9.17) is 9.84 Å². The summed E-state index contributed by atoms with van der Waals surface area (Å²) in [6.45, 7) is -0.144. The van der Waals surface area contributed by atoms with Crippen molar-refractivity contribution in [1.82, 2.24) is 9.78 Å². The Morgan fingerprint density at radius 3 is 2.38 bits per heavy atom. The lowest BCUT2D eigenvalue weighted by atomic mass is 10.0. The fourth-order valence-corrected chi connectivity index (χ4v) is 6.94. The minimum atomic E-state index is -0.284. The summed E-state index contributed by atoms with van der Waals surface area (Å²) in [4.78, 5) is 29.8. The number of nitrogens with one attached hydrogen (secondary N) is 1. The van der Waals surface area contributed by atoms with Crippen molar-refractivity contribution in [3.63, 3.8) is 0 Å². The summed E-state index contributed by atoms with van der Waals surface area (Å²) in [6.07, 6.45) is 0. The van der Waals surface area contributed by atoms with Crippen LogP contribution in [0.5, 0.6) is 5.75 Å². The molecule has 1 aliphatic heterocycles. The number of hydrogen-bond donors (Lipinski definition) is 1. The van der Waals surface area contributed by atoms with Crippen LogP contribution in [0.4, 0.5) is 11.5 Å². The second kappa shape index (κ2) is 11.4. The highest BCUT2D eigenvalue weighted by Crippen LogP contribution is 2.49. The average molecular weight is 567 g/mol. The summed E-state index contributed by atoms with van der Waals surface area (Å²) in [5.41, 5.74) is 4.07. The third kappa shape index (κ3) is 5.13. The van der Waals surface area contributed by atoms with Crippen LogP contribution >= 0.6 is 23.1 Å². The highest BCUT2D eigenvalue weighted by Gasteiger charge is 2.38. The van der Waals surface area contributed by atoms with Crippen LogP contribution in [-0.2, 0) is 9.59 Å². The quantitative estimate of drug-likeness (QED) is 0.246. The molecule has 1 atom stereocenters. The topological polar surface area (TPSA) is 76.5 Å². The van der Waals surface area contributed by atoms with E-state index in [1.54, 1.807) is 39.8 Å². The molecule has 3 heterocycles. The second-order valence-electron chi connectivity index (χ2n) is 9.16. The van der Waals surface area contributed by atoms with E-state index < -0.39 is 0 Å². The molecule has 0 fully saturated rings. The van der Waals surface area contributed by atoms with Crippen molar-refractivity contribution < 1.29 is 14.3 Å². The molecule has 0 spiro atoms. The van der Waals surface area contributed by atoms with Gasteiger partial charge >= 0.3 is 0 Å². The number of ether oxygens (including phenoxy) is 1. The number of thiophene rings is 1. The first kappa shape index (κ1) is 25.9. The van der Waals surface area contributed by atoms with Gasteiger partial charge in [0.15, 0.2) is 0 Å². The number of hydrogen-bond acceptors (Lipinski definition) is 6. The Kier molecular flexibility index (Phi) is 7.39. The lowest BCUT2D eigenvalue weighted by Crippen LogP contribution is -2.40. The van der Waals surface area contributed by atoms with Gasteiger partial charge in [-0.2, -0.15) is 5.10 Å². The molecular weight excluding hydrogens is 541 g/mol. The van der Waals surface area contributed by atoms with E-state index in [0.29, 0.717) is 17.3 Å². The third-order valence-corrected chi connectivity index (χ3v) is 8.94. The molecule has 1 aliphatic rings. The van der Waals surface area contributed by atoms with Crippen LogP contribution in [-0.4, -0.2) is 41.0 Å². The van der Waals surface area contributed by atoms with Crippen LogP contribution in [0.15, 0.2) is 102 Å². The van der Waals surface area contributed by atoms with Crippen LogP contribution in [0.2, 0.25) is 0 Å². The number of methoxy groups -OCH3 is 1. The first-order chi connectivity index (χ1) is 19.6. The van der Waals surface area contributed by atoms with Gasteiger partial charge in [-0.05, 0) is 47.8 Å². The van der Waals surface area contributed by atoms with Gasteiger partial charge in [0.2, 0.25) is 11.8 Å². The number of anilines is 2. The van der Waals surface area contributed by atoms with Crippen molar-refractivity contribution in [2.75, 3.05) is 29.6 Å². The van der Waals surface area contributed by atoms with Gasteiger partial charge in [0.25, 0.3) is 0 Å². The lowest BCUT2D eigenvalue weighted by molar-refractivity contribution is -0.120. The molecule has 0 saturated heterocycles. The summed E-state index contributed by atoms with van der Waals surface area (Å²) in [5, 5.41) is 9.95. The van der Waals surface area contributed by atoms with Crippen LogP contribution in [0.25, 0.3) is 16.9 Å². The molecule has 2 amide bonds. The van der Waals surface area contributed by atoms with E-state index in [0.717, 1.165) is 27.4 Å². The summed E-state index contributed by atoms with van der Waals surface area (Å²) >= 11 is 3.22. The van der Waals surface area contributed by atoms with Crippen molar-refractivity contribution in [3.8, 4) is 22.7 Å². The van der Waals surface area contributed by atoms with Gasteiger partial charge < -0.3 is 10.1 Å². The number of fused-ring (bicyclic) bond motifs is 1. The van der Waals surface area contributed by atoms with E-state index in [9.17, 15) is 9.59 Å². The maximum absolute atomic E-state index is 13.8. The van der Waals surface area contributed by atoms with Gasteiger partial charge in [-0.1, -0.05) is 54.6 Å². The standard InChI is InChI=1S/C31H26N4O3S2/c1-38-24-16-14-23(15-17-24)35-31-28(29(33-35)21-9-4-2-5-10-21)30(25-13-8-18-39-25)40-20-27(37)34(31)19-26(36)32-22-11-6-3-7-12-22/h2-18,30H,19-20H2,1H3,(H,32,36)/t30-/m0/s1. The molecule has 0 radical (unpaired) electrons. The predicted molar refractivity (Wildman–Crippen MR) is 162 cm³/mol. The number of benzene rings is 3. The SMILES string of the molecule is COc1ccc(-n2nc(-c3ccccc3)c3c2N(CC(=O)Nc2ccccc2)C(=O)CS[C@H]3c2cccs2)cc1. The molecule has 0 saturated carbocycles. The fraction of sp³-hybridized carbons (Fsp3) is 0.129. The van der Waals surface area contributed by atoms with Crippen LogP contribution < -0.4 is 15.0 Å². The van der Waals surface area contributed by atoms with Crippen molar-refractivity contribution >= 4 is 46.4 Å². The predicted octanol–water partition coefficient (Wildman–Crippen LogP) is 6.42. The zero-order valence-corrected chi connectivity index (χ0v) is 23.3. The summed E-state index contributed by atoms with van der Waals surface area (Å²) in [5.74, 6) is 1.11. The summed E-state index contributed by atoms with van der Waals surface area (Å²) < 4.78 is 7.17. The van der Waals surface area contributed by atoms with E-state index >= 15 is 0 Å². The Labute approximate surface area is 240 Å². The largest absolute Gasteiger partial charge is 0.497 e. The van der Waals surface area contributed by atoms with E-state index in [2.05, 4.69) is 11.4 Å². The lowest BCUT2D eigenvalue weighted by Gasteiger charge is -2.23. The Morgan fingerprint density at radius 2 is 1.70 bits per heavy atom. The van der Waals surface area contributed by atoms with Crippen LogP contribution in [0, 0.1) is 0 Å². The molecule has 0 aliphatic carbocycles. The van der Waals surface area contributed by atoms with E-state index in [1.165, 1.54) is 0 Å². The number of carbonyl (C=O) groups is 2. The van der Waals surface area contributed by atoms with Gasteiger partial charge in [0, 0.05) is 21.7 Å². The summed E-state index contributed by atoms with van der Waals surface area (Å²) in [6, 6.07) is 30.9. The molecule has 9 heteroatoms. The molecule has 5 aromatic rings. The van der Waals surface area contributed by atoms with E-state index in [1.807, 2.05) is 96.4 Å². The maximum Gasteiger partial charge on any atom is 0.244 e. The first-order valence-corrected chi connectivity index (χ1v) is 14.7. The summed E-state index contributed by atoms with van der Waals surface area (Å²) in [7, 11) is 1.62. The van der Waals surface area contributed by atoms with Gasteiger partial charge in [-0.15, -0.1) is 23.1 Å². The average Bonchev–Trinajstić information content (AvgIpc) is 3.64. The Hall–Kier alpha value is -4.34. The van der Waals surface area contributed by atoms with Crippen molar-refractivity contribution in [3.05, 3.63) is 113 Å².